The smallest absolute Gasteiger partial charge is 0.257 e. The Hall–Kier alpha value is -3.23. The zero-order chi connectivity index (χ0) is 21.7. The van der Waals surface area contributed by atoms with Crippen LogP contribution in [0.25, 0.3) is 0 Å². The van der Waals surface area contributed by atoms with E-state index >= 15 is 0 Å². The van der Waals surface area contributed by atoms with Crippen LogP contribution in [0.4, 0.5) is 11.4 Å². The Morgan fingerprint density at radius 3 is 2.30 bits per heavy atom. The second kappa shape index (κ2) is 9.06. The molecule has 2 N–H and O–H groups in total. The molecule has 0 atom stereocenters. The number of rotatable bonds is 6. The van der Waals surface area contributed by atoms with E-state index in [0.29, 0.717) is 33.1 Å². The van der Waals surface area contributed by atoms with Crippen LogP contribution in [0.15, 0.2) is 67.0 Å². The topological polar surface area (TPSA) is 105 Å². The Bertz CT molecular complexity index is 1180. The molecule has 0 fully saturated rings. The summed E-state index contributed by atoms with van der Waals surface area (Å²) in [6.45, 7) is 0. The minimum Gasteiger partial charge on any atom is -0.322 e. The molecule has 154 valence electrons. The van der Waals surface area contributed by atoms with Crippen molar-refractivity contribution in [1.82, 2.24) is 4.98 Å². The molecular formula is C21H18ClN3O4S. The molecule has 3 aromatic rings. The van der Waals surface area contributed by atoms with Crippen molar-refractivity contribution in [2.24, 2.45) is 0 Å². The lowest BCUT2D eigenvalue weighted by atomic mass is 10.1. The van der Waals surface area contributed by atoms with E-state index in [1.54, 1.807) is 60.8 Å². The maximum Gasteiger partial charge on any atom is 0.257 e. The van der Waals surface area contributed by atoms with Crippen molar-refractivity contribution in [3.63, 3.8) is 0 Å². The Labute approximate surface area is 179 Å². The van der Waals surface area contributed by atoms with E-state index in [1.807, 2.05) is 0 Å². The van der Waals surface area contributed by atoms with Crippen molar-refractivity contribution in [3.05, 3.63) is 88.7 Å². The number of nitrogens with zero attached hydrogens (tertiary/aromatic N) is 1. The van der Waals surface area contributed by atoms with Gasteiger partial charge in [-0.1, -0.05) is 23.7 Å². The summed E-state index contributed by atoms with van der Waals surface area (Å²) >= 11 is 6.16. The summed E-state index contributed by atoms with van der Waals surface area (Å²) < 4.78 is 22.7. The summed E-state index contributed by atoms with van der Waals surface area (Å²) in [5.41, 5.74) is 2.11. The highest BCUT2D eigenvalue weighted by atomic mass is 35.5. The summed E-state index contributed by atoms with van der Waals surface area (Å²) in [5.74, 6) is -0.853. The average Bonchev–Trinajstić information content (AvgIpc) is 2.70. The minimum atomic E-state index is -3.15. The molecule has 9 heteroatoms. The van der Waals surface area contributed by atoms with Gasteiger partial charge in [0.25, 0.3) is 11.8 Å². The van der Waals surface area contributed by atoms with Crippen molar-refractivity contribution >= 4 is 44.6 Å². The first-order valence-electron chi connectivity index (χ1n) is 8.80. The fraction of sp³-hybridized carbons (Fsp3) is 0.0952. The van der Waals surface area contributed by atoms with Gasteiger partial charge < -0.3 is 10.6 Å². The second-order valence-corrected chi connectivity index (χ2v) is 9.16. The average molecular weight is 444 g/mol. The monoisotopic (exact) mass is 443 g/mol. The molecule has 0 unspecified atom stereocenters. The van der Waals surface area contributed by atoms with Gasteiger partial charge in [-0.3, -0.25) is 14.6 Å². The number of halogens is 1. The molecule has 0 aliphatic heterocycles. The van der Waals surface area contributed by atoms with Gasteiger partial charge in [0.1, 0.15) is 0 Å². The van der Waals surface area contributed by atoms with Crippen LogP contribution in [-0.4, -0.2) is 31.5 Å². The molecule has 0 aliphatic carbocycles. The number of hydrogen-bond acceptors (Lipinski definition) is 5. The molecule has 0 aliphatic rings. The zero-order valence-corrected chi connectivity index (χ0v) is 17.5. The Kier molecular flexibility index (Phi) is 6.49. The number of aromatic nitrogens is 1. The van der Waals surface area contributed by atoms with Gasteiger partial charge >= 0.3 is 0 Å². The molecule has 0 spiro atoms. The first-order chi connectivity index (χ1) is 14.2. The SMILES string of the molecule is CS(=O)(=O)Cc1ccc(C(=O)Nc2ccc(Cl)c(NC(=O)c3cccnc3)c2)cc1. The standard InChI is InChI=1S/C21H18ClN3O4S/c1-30(28,29)13-14-4-6-15(7-5-14)20(26)24-17-8-9-18(22)19(11-17)25-21(27)16-3-2-10-23-12-16/h2-12H,13H2,1H3,(H,24,26)(H,25,27). The molecule has 1 heterocycles. The van der Waals surface area contributed by atoms with Crippen molar-refractivity contribution in [2.45, 2.75) is 5.75 Å². The quantitative estimate of drug-likeness (QED) is 0.603. The largest absolute Gasteiger partial charge is 0.322 e. The lowest BCUT2D eigenvalue weighted by Crippen LogP contribution is -2.14. The normalized spacial score (nSPS) is 11.0. The molecule has 0 saturated carbocycles. The van der Waals surface area contributed by atoms with Gasteiger partial charge in [-0.25, -0.2) is 8.42 Å². The van der Waals surface area contributed by atoms with Gasteiger partial charge in [-0.2, -0.15) is 0 Å². The first-order valence-corrected chi connectivity index (χ1v) is 11.2. The Morgan fingerprint density at radius 1 is 0.967 bits per heavy atom. The highest BCUT2D eigenvalue weighted by Crippen LogP contribution is 2.26. The predicted octanol–water partition coefficient (Wildman–Crippen LogP) is 3.78. The molecule has 3 rings (SSSR count). The van der Waals surface area contributed by atoms with Crippen LogP contribution in [0.2, 0.25) is 5.02 Å². The summed E-state index contributed by atoms with van der Waals surface area (Å²) in [6.07, 6.45) is 4.15. The third kappa shape index (κ3) is 5.88. The van der Waals surface area contributed by atoms with Gasteiger partial charge in [0.05, 0.1) is 22.0 Å². The molecule has 0 saturated heterocycles. The van der Waals surface area contributed by atoms with Crippen LogP contribution in [0.5, 0.6) is 0 Å². The van der Waals surface area contributed by atoms with Crippen molar-refractivity contribution in [2.75, 3.05) is 16.9 Å². The van der Waals surface area contributed by atoms with E-state index in [9.17, 15) is 18.0 Å². The van der Waals surface area contributed by atoms with Gasteiger partial charge in [0.15, 0.2) is 9.84 Å². The number of pyridine rings is 1. The summed E-state index contributed by atoms with van der Waals surface area (Å²) in [6, 6.07) is 14.3. The van der Waals surface area contributed by atoms with Crippen LogP contribution in [0.3, 0.4) is 0 Å². The number of carbonyl (C=O) groups is 2. The number of nitrogens with one attached hydrogen (secondary N) is 2. The van der Waals surface area contributed by atoms with Crippen LogP contribution in [0.1, 0.15) is 26.3 Å². The molecule has 1 aromatic heterocycles. The number of sulfone groups is 1. The lowest BCUT2D eigenvalue weighted by Gasteiger charge is -2.11. The fourth-order valence-electron chi connectivity index (χ4n) is 2.65. The van der Waals surface area contributed by atoms with Crippen LogP contribution >= 0.6 is 11.6 Å². The zero-order valence-electron chi connectivity index (χ0n) is 15.9. The van der Waals surface area contributed by atoms with Crippen LogP contribution < -0.4 is 10.6 Å². The van der Waals surface area contributed by atoms with Gasteiger partial charge in [-0.05, 0) is 48.0 Å². The fourth-order valence-corrected chi connectivity index (χ4v) is 3.61. The second-order valence-electron chi connectivity index (χ2n) is 6.61. The highest BCUT2D eigenvalue weighted by molar-refractivity contribution is 7.89. The number of hydrogen-bond donors (Lipinski definition) is 2. The summed E-state index contributed by atoms with van der Waals surface area (Å²) in [5, 5.41) is 5.73. The van der Waals surface area contributed by atoms with E-state index in [4.69, 9.17) is 11.6 Å². The molecule has 2 aromatic carbocycles. The van der Waals surface area contributed by atoms with Crippen molar-refractivity contribution < 1.29 is 18.0 Å². The third-order valence-electron chi connectivity index (χ3n) is 4.04. The summed E-state index contributed by atoms with van der Waals surface area (Å²) in [4.78, 5) is 28.7. The van der Waals surface area contributed by atoms with E-state index in [2.05, 4.69) is 15.6 Å². The maximum absolute atomic E-state index is 12.5. The molecule has 7 nitrogen and oxygen atoms in total. The number of anilines is 2. The van der Waals surface area contributed by atoms with E-state index in [-0.39, 0.29) is 17.6 Å². The molecule has 30 heavy (non-hydrogen) atoms. The number of carbonyl (C=O) groups excluding carboxylic acids is 2. The van der Waals surface area contributed by atoms with Gasteiger partial charge in [-0.15, -0.1) is 0 Å². The first kappa shape index (κ1) is 21.5. The molecule has 0 bridgehead atoms. The third-order valence-corrected chi connectivity index (χ3v) is 5.23. The Morgan fingerprint density at radius 2 is 1.67 bits per heavy atom. The predicted molar refractivity (Wildman–Crippen MR) is 117 cm³/mol. The molecule has 2 amide bonds. The lowest BCUT2D eigenvalue weighted by molar-refractivity contribution is 0.101. The van der Waals surface area contributed by atoms with Crippen LogP contribution in [-0.2, 0) is 15.6 Å². The van der Waals surface area contributed by atoms with Crippen molar-refractivity contribution in [1.29, 1.82) is 0 Å². The van der Waals surface area contributed by atoms with E-state index in [0.717, 1.165) is 6.26 Å². The van der Waals surface area contributed by atoms with E-state index < -0.39 is 9.84 Å². The van der Waals surface area contributed by atoms with Gasteiger partial charge in [0, 0.05) is 29.9 Å². The highest BCUT2D eigenvalue weighted by Gasteiger charge is 2.12. The summed E-state index contributed by atoms with van der Waals surface area (Å²) in [7, 11) is -3.15. The minimum absolute atomic E-state index is 0.0912. The van der Waals surface area contributed by atoms with Crippen molar-refractivity contribution in [3.8, 4) is 0 Å². The van der Waals surface area contributed by atoms with Gasteiger partial charge in [0.2, 0.25) is 0 Å². The maximum atomic E-state index is 12.5. The number of benzene rings is 2. The number of amides is 2. The molecule has 0 radical (unpaired) electrons. The van der Waals surface area contributed by atoms with E-state index in [1.165, 1.54) is 6.20 Å². The van der Waals surface area contributed by atoms with Crippen LogP contribution in [0, 0.1) is 0 Å². The Balaban J connectivity index is 1.71. The molecular weight excluding hydrogens is 426 g/mol.